The average molecular weight is 399 g/mol. The van der Waals surface area contributed by atoms with Crippen LogP contribution in [0.2, 0.25) is 5.02 Å². The zero-order chi connectivity index (χ0) is 19.3. The van der Waals surface area contributed by atoms with E-state index in [1.54, 1.807) is 26.4 Å². The fourth-order valence-corrected chi connectivity index (χ4v) is 3.86. The van der Waals surface area contributed by atoms with E-state index in [9.17, 15) is 13.2 Å². The highest BCUT2D eigenvalue weighted by Crippen LogP contribution is 2.23. The normalized spacial score (nSPS) is 11.9. The van der Waals surface area contributed by atoms with Gasteiger partial charge >= 0.3 is 0 Å². The number of amides is 1. The van der Waals surface area contributed by atoms with Crippen LogP contribution in [0, 0.1) is 0 Å². The Morgan fingerprint density at radius 1 is 1.38 bits per heavy atom. The van der Waals surface area contributed by atoms with Gasteiger partial charge in [-0.2, -0.15) is 4.31 Å². The summed E-state index contributed by atoms with van der Waals surface area (Å²) in [6, 6.07) is 3.97. The van der Waals surface area contributed by atoms with E-state index in [1.165, 1.54) is 29.6 Å². The Labute approximate surface area is 159 Å². The molecule has 0 spiro atoms. The van der Waals surface area contributed by atoms with Crippen molar-refractivity contribution in [3.63, 3.8) is 0 Å². The van der Waals surface area contributed by atoms with Gasteiger partial charge in [0.15, 0.2) is 0 Å². The third-order valence-corrected chi connectivity index (χ3v) is 6.38. The van der Waals surface area contributed by atoms with Crippen LogP contribution in [0.3, 0.4) is 0 Å². The van der Waals surface area contributed by atoms with Crippen LogP contribution >= 0.6 is 11.6 Å². The summed E-state index contributed by atoms with van der Waals surface area (Å²) in [6.07, 6.45) is 5.96. The van der Waals surface area contributed by atoms with Crippen LogP contribution in [0.1, 0.15) is 30.6 Å². The van der Waals surface area contributed by atoms with Crippen molar-refractivity contribution in [2.24, 2.45) is 0 Å². The maximum absolute atomic E-state index is 12.6. The second-order valence-electron chi connectivity index (χ2n) is 6.17. The van der Waals surface area contributed by atoms with Crippen molar-refractivity contribution in [3.05, 3.63) is 47.5 Å². The summed E-state index contributed by atoms with van der Waals surface area (Å²) in [7, 11) is -2.18. The third-order valence-electron chi connectivity index (χ3n) is 4.02. The quantitative estimate of drug-likeness (QED) is 0.692. The Kier molecular flexibility index (Phi) is 6.80. The lowest BCUT2D eigenvalue weighted by Gasteiger charge is -2.21. The molecule has 1 aromatic heterocycles. The number of imidazole rings is 1. The number of aryl methyl sites for hydroxylation is 1. The highest BCUT2D eigenvalue weighted by Gasteiger charge is 2.24. The van der Waals surface area contributed by atoms with Gasteiger partial charge < -0.3 is 9.88 Å². The molecule has 0 aliphatic carbocycles. The van der Waals surface area contributed by atoms with Crippen LogP contribution in [-0.4, -0.2) is 47.8 Å². The van der Waals surface area contributed by atoms with Crippen LogP contribution in [0.4, 0.5) is 0 Å². The summed E-state index contributed by atoms with van der Waals surface area (Å²) < 4.78 is 28.4. The summed E-state index contributed by atoms with van der Waals surface area (Å²) >= 11 is 6.10. The molecule has 0 unspecified atom stereocenters. The average Bonchev–Trinajstić information content (AvgIpc) is 3.11. The SMILES string of the molecule is CC(C)N(C)S(=O)(=O)c1ccc(Cl)c(C(=O)NCCCn2ccnc2)c1. The number of nitrogens with zero attached hydrogens (tertiary/aromatic N) is 3. The molecule has 0 aliphatic rings. The van der Waals surface area contributed by atoms with Crippen molar-refractivity contribution in [2.75, 3.05) is 13.6 Å². The molecular weight excluding hydrogens is 376 g/mol. The van der Waals surface area contributed by atoms with Crippen molar-refractivity contribution in [1.29, 1.82) is 0 Å². The van der Waals surface area contributed by atoms with Gasteiger partial charge in [-0.15, -0.1) is 0 Å². The molecule has 2 rings (SSSR count). The summed E-state index contributed by atoms with van der Waals surface area (Å²) in [5, 5.41) is 2.98. The molecule has 1 aromatic carbocycles. The van der Waals surface area contributed by atoms with Crippen molar-refractivity contribution < 1.29 is 13.2 Å². The molecule has 26 heavy (non-hydrogen) atoms. The minimum atomic E-state index is -3.68. The number of benzene rings is 1. The Morgan fingerprint density at radius 3 is 2.73 bits per heavy atom. The lowest BCUT2D eigenvalue weighted by molar-refractivity contribution is 0.0952. The molecule has 7 nitrogen and oxygen atoms in total. The van der Waals surface area contributed by atoms with Crippen LogP contribution in [0.5, 0.6) is 0 Å². The maximum atomic E-state index is 12.6. The molecule has 0 aliphatic heterocycles. The van der Waals surface area contributed by atoms with Gasteiger partial charge in [-0.1, -0.05) is 11.6 Å². The van der Waals surface area contributed by atoms with Gasteiger partial charge in [0, 0.05) is 38.6 Å². The predicted octanol–water partition coefficient (Wildman–Crippen LogP) is 2.39. The zero-order valence-electron chi connectivity index (χ0n) is 15.0. The predicted molar refractivity (Wildman–Crippen MR) is 101 cm³/mol. The first-order valence-electron chi connectivity index (χ1n) is 8.25. The molecule has 0 atom stereocenters. The number of rotatable bonds is 8. The van der Waals surface area contributed by atoms with E-state index in [2.05, 4.69) is 10.3 Å². The summed E-state index contributed by atoms with van der Waals surface area (Å²) in [4.78, 5) is 16.4. The van der Waals surface area contributed by atoms with Crippen LogP contribution < -0.4 is 5.32 Å². The standard InChI is InChI=1S/C17H23ClN4O3S/c1-13(2)21(3)26(24,25)14-5-6-16(18)15(11-14)17(23)20-7-4-9-22-10-8-19-12-22/h5-6,8,10-13H,4,7,9H2,1-3H3,(H,20,23). The topological polar surface area (TPSA) is 84.3 Å². The monoisotopic (exact) mass is 398 g/mol. The summed E-state index contributed by atoms with van der Waals surface area (Å²) in [5.74, 6) is -0.398. The highest BCUT2D eigenvalue weighted by molar-refractivity contribution is 7.89. The number of sulfonamides is 1. The van der Waals surface area contributed by atoms with Gasteiger partial charge in [-0.3, -0.25) is 4.79 Å². The first kappa shape index (κ1) is 20.4. The molecule has 2 aromatic rings. The lowest BCUT2D eigenvalue weighted by Crippen LogP contribution is -2.33. The molecule has 1 N–H and O–H groups in total. The van der Waals surface area contributed by atoms with E-state index >= 15 is 0 Å². The van der Waals surface area contributed by atoms with E-state index in [-0.39, 0.29) is 21.5 Å². The Balaban J connectivity index is 2.07. The van der Waals surface area contributed by atoms with Crippen molar-refractivity contribution in [3.8, 4) is 0 Å². The Hall–Kier alpha value is -1.90. The number of carbonyl (C=O) groups is 1. The number of carbonyl (C=O) groups excluding carboxylic acids is 1. The third kappa shape index (κ3) is 4.84. The number of hydrogen-bond donors (Lipinski definition) is 1. The van der Waals surface area contributed by atoms with Gasteiger partial charge in [-0.05, 0) is 38.5 Å². The van der Waals surface area contributed by atoms with Gasteiger partial charge in [-0.25, -0.2) is 13.4 Å². The second kappa shape index (κ2) is 8.66. The molecular formula is C17H23ClN4O3S. The largest absolute Gasteiger partial charge is 0.352 e. The van der Waals surface area contributed by atoms with Gasteiger partial charge in [0.2, 0.25) is 10.0 Å². The fraction of sp³-hybridized carbons (Fsp3) is 0.412. The van der Waals surface area contributed by atoms with Crippen molar-refractivity contribution >= 4 is 27.5 Å². The first-order chi connectivity index (χ1) is 12.2. The smallest absolute Gasteiger partial charge is 0.252 e. The molecule has 142 valence electrons. The van der Waals surface area contributed by atoms with Gasteiger partial charge in [0.25, 0.3) is 5.91 Å². The number of aromatic nitrogens is 2. The van der Waals surface area contributed by atoms with Gasteiger partial charge in [0.05, 0.1) is 21.8 Å². The van der Waals surface area contributed by atoms with Crippen molar-refractivity contribution in [2.45, 2.75) is 37.8 Å². The molecule has 0 radical (unpaired) electrons. The minimum absolute atomic E-state index is 0.0432. The van der Waals surface area contributed by atoms with E-state index in [1.807, 2.05) is 10.8 Å². The number of hydrogen-bond acceptors (Lipinski definition) is 4. The van der Waals surface area contributed by atoms with E-state index in [4.69, 9.17) is 11.6 Å². The summed E-state index contributed by atoms with van der Waals surface area (Å²) in [5.41, 5.74) is 0.146. The van der Waals surface area contributed by atoms with Crippen LogP contribution in [0.25, 0.3) is 0 Å². The molecule has 1 heterocycles. The maximum Gasteiger partial charge on any atom is 0.252 e. The zero-order valence-corrected chi connectivity index (χ0v) is 16.6. The Morgan fingerprint density at radius 2 is 2.12 bits per heavy atom. The molecule has 0 saturated heterocycles. The molecule has 0 fully saturated rings. The van der Waals surface area contributed by atoms with Crippen LogP contribution in [-0.2, 0) is 16.6 Å². The first-order valence-corrected chi connectivity index (χ1v) is 10.1. The fourth-order valence-electron chi connectivity index (χ4n) is 2.26. The number of nitrogens with one attached hydrogen (secondary N) is 1. The Bertz CT molecular complexity index is 851. The molecule has 9 heteroatoms. The second-order valence-corrected chi connectivity index (χ2v) is 8.57. The summed E-state index contributed by atoms with van der Waals surface area (Å²) in [6.45, 7) is 4.72. The molecule has 1 amide bonds. The van der Waals surface area contributed by atoms with E-state index in [0.717, 1.165) is 6.54 Å². The number of halogens is 1. The van der Waals surface area contributed by atoms with E-state index < -0.39 is 15.9 Å². The minimum Gasteiger partial charge on any atom is -0.352 e. The molecule has 0 bridgehead atoms. The van der Waals surface area contributed by atoms with Gasteiger partial charge in [0.1, 0.15) is 0 Å². The van der Waals surface area contributed by atoms with E-state index in [0.29, 0.717) is 13.0 Å². The molecule has 0 saturated carbocycles. The van der Waals surface area contributed by atoms with Crippen molar-refractivity contribution in [1.82, 2.24) is 19.2 Å². The van der Waals surface area contributed by atoms with Crippen LogP contribution in [0.15, 0.2) is 41.8 Å². The lowest BCUT2D eigenvalue weighted by atomic mass is 10.2. The highest BCUT2D eigenvalue weighted by atomic mass is 35.5.